The van der Waals surface area contributed by atoms with Gasteiger partial charge in [-0.25, -0.2) is 0 Å². The Labute approximate surface area is 109 Å². The van der Waals surface area contributed by atoms with Crippen molar-refractivity contribution in [3.05, 3.63) is 58.8 Å². The Morgan fingerprint density at radius 3 is 2.61 bits per heavy atom. The van der Waals surface area contributed by atoms with Gasteiger partial charge in [-0.05, 0) is 31.2 Å². The second kappa shape index (κ2) is 5.96. The molecule has 0 fully saturated rings. The number of benzene rings is 1. The zero-order valence-electron chi connectivity index (χ0n) is 9.72. The van der Waals surface area contributed by atoms with Crippen molar-refractivity contribution >= 4 is 11.6 Å². The van der Waals surface area contributed by atoms with E-state index in [1.54, 1.807) is 13.0 Å². The van der Waals surface area contributed by atoms with Gasteiger partial charge in [0.15, 0.2) is 0 Å². The van der Waals surface area contributed by atoms with Crippen LogP contribution < -0.4 is 0 Å². The fourth-order valence-corrected chi connectivity index (χ4v) is 1.62. The number of halogens is 4. The largest absolute Gasteiger partial charge is 0.489 e. The van der Waals surface area contributed by atoms with Gasteiger partial charge in [-0.3, -0.25) is 0 Å². The van der Waals surface area contributed by atoms with Crippen molar-refractivity contribution in [3.63, 3.8) is 0 Å². The summed E-state index contributed by atoms with van der Waals surface area (Å²) < 4.78 is 43.5. The van der Waals surface area contributed by atoms with Crippen LogP contribution in [-0.2, 0) is 17.5 Å². The molecule has 0 radical (unpaired) electrons. The predicted molar refractivity (Wildman–Crippen MR) is 65.2 cm³/mol. The molecular formula is C13H12ClF3O. The second-order valence-electron chi connectivity index (χ2n) is 3.45. The Bertz CT molecular complexity index is 464. The lowest BCUT2D eigenvalue weighted by Gasteiger charge is -2.15. The van der Waals surface area contributed by atoms with E-state index in [0.717, 1.165) is 6.07 Å². The highest BCUT2D eigenvalue weighted by Gasteiger charge is 2.34. The summed E-state index contributed by atoms with van der Waals surface area (Å²) in [6, 6.07) is 3.64. The van der Waals surface area contributed by atoms with Crippen LogP contribution in [0.3, 0.4) is 0 Å². The van der Waals surface area contributed by atoms with Crippen LogP contribution >= 0.6 is 11.6 Å². The van der Waals surface area contributed by atoms with Crippen LogP contribution in [0.5, 0.6) is 0 Å². The molecule has 0 aliphatic heterocycles. The van der Waals surface area contributed by atoms with E-state index in [0.29, 0.717) is 5.76 Å². The van der Waals surface area contributed by atoms with Gasteiger partial charge in [0.05, 0.1) is 5.56 Å². The maximum Gasteiger partial charge on any atom is 0.416 e. The molecule has 1 aromatic carbocycles. The van der Waals surface area contributed by atoms with Crippen LogP contribution in [0.1, 0.15) is 18.1 Å². The average Bonchev–Trinajstić information content (AvgIpc) is 2.30. The highest BCUT2D eigenvalue weighted by molar-refractivity contribution is 6.31. The van der Waals surface area contributed by atoms with Gasteiger partial charge in [0.2, 0.25) is 0 Å². The number of hydrogen-bond acceptors (Lipinski definition) is 1. The van der Waals surface area contributed by atoms with Gasteiger partial charge in [0, 0.05) is 10.6 Å². The smallest absolute Gasteiger partial charge is 0.416 e. The first-order valence-electron chi connectivity index (χ1n) is 5.16. The van der Waals surface area contributed by atoms with E-state index in [-0.39, 0.29) is 17.2 Å². The van der Waals surface area contributed by atoms with Crippen molar-refractivity contribution in [2.45, 2.75) is 19.7 Å². The van der Waals surface area contributed by atoms with Crippen LogP contribution in [-0.4, -0.2) is 0 Å². The molecule has 0 amide bonds. The van der Waals surface area contributed by atoms with Gasteiger partial charge in [-0.1, -0.05) is 24.2 Å². The van der Waals surface area contributed by atoms with Crippen LogP contribution in [0.15, 0.2) is 42.7 Å². The standard InChI is InChI=1S/C13H12ClF3O/c1-3-9(4-2)18-8-10-11(13(15,16)17)6-5-7-12(10)14/h3-7H,1,8H2,2H3/b9-4+. The lowest BCUT2D eigenvalue weighted by molar-refractivity contribution is -0.138. The fourth-order valence-electron chi connectivity index (χ4n) is 1.39. The fraction of sp³-hybridized carbons (Fsp3) is 0.231. The Morgan fingerprint density at radius 1 is 1.44 bits per heavy atom. The summed E-state index contributed by atoms with van der Waals surface area (Å²) in [4.78, 5) is 0. The average molecular weight is 277 g/mol. The number of alkyl halides is 3. The second-order valence-corrected chi connectivity index (χ2v) is 3.85. The summed E-state index contributed by atoms with van der Waals surface area (Å²) in [5, 5.41) is 0.0318. The highest BCUT2D eigenvalue weighted by Crippen LogP contribution is 2.35. The van der Waals surface area contributed by atoms with E-state index in [1.165, 1.54) is 18.2 Å². The van der Waals surface area contributed by atoms with Crippen molar-refractivity contribution in [2.75, 3.05) is 0 Å². The molecule has 18 heavy (non-hydrogen) atoms. The topological polar surface area (TPSA) is 9.23 Å². The molecule has 1 aromatic rings. The zero-order valence-corrected chi connectivity index (χ0v) is 10.5. The molecule has 0 heterocycles. The first-order valence-corrected chi connectivity index (χ1v) is 5.54. The first-order chi connectivity index (χ1) is 8.40. The van der Waals surface area contributed by atoms with E-state index in [9.17, 15) is 13.2 Å². The van der Waals surface area contributed by atoms with Crippen LogP contribution in [0.4, 0.5) is 13.2 Å². The molecule has 0 spiro atoms. The van der Waals surface area contributed by atoms with Crippen molar-refractivity contribution in [1.82, 2.24) is 0 Å². The molecule has 0 aromatic heterocycles. The van der Waals surface area contributed by atoms with Gasteiger partial charge in [0.25, 0.3) is 0 Å². The third kappa shape index (κ3) is 3.53. The monoisotopic (exact) mass is 276 g/mol. The Hall–Kier alpha value is -1.42. The first kappa shape index (κ1) is 14.6. The van der Waals surface area contributed by atoms with Crippen LogP contribution in [0.2, 0.25) is 5.02 Å². The summed E-state index contributed by atoms with van der Waals surface area (Å²) in [5.74, 6) is 0.406. The van der Waals surface area contributed by atoms with E-state index in [1.807, 2.05) is 0 Å². The number of ether oxygens (including phenoxy) is 1. The molecule has 5 heteroatoms. The number of rotatable bonds is 4. The molecular weight excluding hydrogens is 265 g/mol. The minimum atomic E-state index is -4.45. The molecule has 0 unspecified atom stereocenters. The van der Waals surface area contributed by atoms with Crippen molar-refractivity contribution in [2.24, 2.45) is 0 Å². The Balaban J connectivity index is 3.04. The van der Waals surface area contributed by atoms with Crippen molar-refractivity contribution < 1.29 is 17.9 Å². The van der Waals surface area contributed by atoms with Crippen LogP contribution in [0.25, 0.3) is 0 Å². The highest BCUT2D eigenvalue weighted by atomic mass is 35.5. The summed E-state index contributed by atoms with van der Waals surface area (Å²) >= 11 is 5.78. The summed E-state index contributed by atoms with van der Waals surface area (Å²) in [6.07, 6.45) is -1.42. The minimum Gasteiger partial charge on any atom is -0.489 e. The van der Waals surface area contributed by atoms with Gasteiger partial charge < -0.3 is 4.74 Å². The van der Waals surface area contributed by atoms with Crippen molar-refractivity contribution in [1.29, 1.82) is 0 Å². The maximum absolute atomic E-state index is 12.8. The lowest BCUT2D eigenvalue weighted by Crippen LogP contribution is -2.10. The SMILES string of the molecule is C=C/C(=C\C)OCc1c(Cl)cccc1C(F)(F)F. The van der Waals surface area contributed by atoms with E-state index < -0.39 is 11.7 Å². The Kier molecular flexibility index (Phi) is 4.84. The predicted octanol–water partition coefficient (Wildman–Crippen LogP) is 4.97. The molecule has 1 rings (SSSR count). The summed E-state index contributed by atoms with van der Waals surface area (Å²) in [6.45, 7) is 4.94. The maximum atomic E-state index is 12.8. The molecule has 0 saturated heterocycles. The molecule has 0 aliphatic carbocycles. The number of allylic oxidation sites excluding steroid dienone is 2. The minimum absolute atomic E-state index is 0.0318. The number of hydrogen-bond donors (Lipinski definition) is 0. The molecule has 0 N–H and O–H groups in total. The zero-order chi connectivity index (χ0) is 13.8. The van der Waals surface area contributed by atoms with E-state index in [2.05, 4.69) is 6.58 Å². The van der Waals surface area contributed by atoms with Crippen LogP contribution in [0, 0.1) is 0 Å². The van der Waals surface area contributed by atoms with Gasteiger partial charge in [-0.2, -0.15) is 13.2 Å². The van der Waals surface area contributed by atoms with Gasteiger partial charge in [-0.15, -0.1) is 0 Å². The molecule has 0 bridgehead atoms. The molecule has 1 nitrogen and oxygen atoms in total. The normalized spacial score (nSPS) is 12.4. The van der Waals surface area contributed by atoms with E-state index in [4.69, 9.17) is 16.3 Å². The summed E-state index contributed by atoms with van der Waals surface area (Å²) in [7, 11) is 0. The Morgan fingerprint density at radius 2 is 2.11 bits per heavy atom. The van der Waals surface area contributed by atoms with Gasteiger partial charge >= 0.3 is 6.18 Å². The molecule has 0 saturated carbocycles. The third-order valence-corrected chi connectivity index (χ3v) is 2.65. The quantitative estimate of drug-likeness (QED) is 0.557. The third-order valence-electron chi connectivity index (χ3n) is 2.29. The van der Waals surface area contributed by atoms with E-state index >= 15 is 0 Å². The molecule has 0 atom stereocenters. The van der Waals surface area contributed by atoms with Crippen molar-refractivity contribution in [3.8, 4) is 0 Å². The summed E-state index contributed by atoms with van der Waals surface area (Å²) in [5.41, 5.74) is -0.859. The lowest BCUT2D eigenvalue weighted by atomic mass is 10.1. The van der Waals surface area contributed by atoms with Gasteiger partial charge in [0.1, 0.15) is 12.4 Å². The molecule has 98 valence electrons. The molecule has 0 aliphatic rings.